The molecule has 0 aliphatic rings. The summed E-state index contributed by atoms with van der Waals surface area (Å²) in [5.74, 6) is 2.65. The molecule has 0 atom stereocenters. The van der Waals surface area contributed by atoms with Crippen LogP contribution in [0.3, 0.4) is 0 Å². The molecule has 0 spiro atoms. The normalized spacial score (nSPS) is 12.2. The minimum atomic E-state index is -2.02. The lowest BCUT2D eigenvalue weighted by atomic mass is 9.97. The third-order valence-electron chi connectivity index (χ3n) is 5.52. The fourth-order valence-corrected chi connectivity index (χ4v) is 3.73. The molecule has 0 aliphatic heterocycles. The molecule has 0 heterocycles. The Morgan fingerprint density at radius 3 is 1.93 bits per heavy atom. The summed E-state index contributed by atoms with van der Waals surface area (Å²) in [7, 11) is 2.80. The lowest BCUT2D eigenvalue weighted by molar-refractivity contribution is 0.386. The summed E-state index contributed by atoms with van der Waals surface area (Å²) >= 11 is 0. The largest absolute Gasteiger partial charge is 0.541 e. The van der Waals surface area contributed by atoms with E-state index in [1.165, 1.54) is 6.08 Å². The molecule has 0 aliphatic carbocycles. The molecule has 2 rings (SSSR count). The summed E-state index contributed by atoms with van der Waals surface area (Å²) in [5, 5.41) is 9.47. The van der Waals surface area contributed by atoms with E-state index in [1.807, 2.05) is 30.3 Å². The number of hydrogen-bond acceptors (Lipinski definition) is 5. The predicted octanol–water partition coefficient (Wildman–Crippen LogP) is 6.05. The summed E-state index contributed by atoms with van der Waals surface area (Å²) in [6.07, 6.45) is 1.51. The fraction of sp³-hybridized carbons (Fsp3) is 0.375. The Bertz CT molecular complexity index is 946. The summed E-state index contributed by atoms with van der Waals surface area (Å²) in [6, 6.07) is 13.4. The molecule has 0 fully saturated rings. The second-order valence-electron chi connectivity index (χ2n) is 8.52. The van der Waals surface area contributed by atoms with Gasteiger partial charge in [-0.25, -0.2) is 0 Å². The topological polar surface area (TPSA) is 60.7 Å². The van der Waals surface area contributed by atoms with E-state index in [4.69, 9.17) is 18.6 Å². The van der Waals surface area contributed by atoms with E-state index in [-0.39, 0.29) is 5.04 Å². The van der Waals surface area contributed by atoms with Gasteiger partial charge in [0.25, 0.3) is 8.32 Å². The van der Waals surface area contributed by atoms with E-state index < -0.39 is 8.32 Å². The van der Waals surface area contributed by atoms with Crippen LogP contribution in [0.2, 0.25) is 18.1 Å². The molecule has 5 nitrogen and oxygen atoms in total. The quantitative estimate of drug-likeness (QED) is 0.399. The van der Waals surface area contributed by atoms with Crippen LogP contribution in [-0.4, -0.2) is 29.6 Å². The molecule has 0 saturated heterocycles. The highest BCUT2D eigenvalue weighted by Crippen LogP contribution is 2.41. The number of rotatable bonds is 7. The Morgan fingerprint density at radius 2 is 1.47 bits per heavy atom. The number of allylic oxidation sites excluding steroid dienone is 1. The van der Waals surface area contributed by atoms with Crippen LogP contribution in [0.1, 0.15) is 31.9 Å². The maximum absolute atomic E-state index is 9.40. The van der Waals surface area contributed by atoms with Gasteiger partial charge in [-0.15, -0.1) is 0 Å². The van der Waals surface area contributed by atoms with Crippen molar-refractivity contribution < 1.29 is 18.6 Å². The van der Waals surface area contributed by atoms with Gasteiger partial charge in [0.1, 0.15) is 17.2 Å². The second kappa shape index (κ2) is 9.27. The number of nitriles is 1. The van der Waals surface area contributed by atoms with Crippen molar-refractivity contribution in [2.45, 2.75) is 38.9 Å². The van der Waals surface area contributed by atoms with Crippen LogP contribution in [0.4, 0.5) is 0 Å². The maximum atomic E-state index is 9.40. The molecular weight excluding hydrogens is 394 g/mol. The second-order valence-corrected chi connectivity index (χ2v) is 13.2. The standard InChI is InChI=1S/C24H31NO4Si/c1-24(2,3)30(7,8)29-22-10-9-17(15-23(22)28-6)21(11-12-25)18-13-19(26-4)16-20(14-18)27-5/h9-11,13-16H,1-8H3/b21-11-. The van der Waals surface area contributed by atoms with Gasteiger partial charge in [-0.1, -0.05) is 26.8 Å². The molecule has 0 amide bonds. The third-order valence-corrected chi connectivity index (χ3v) is 9.86. The fourth-order valence-electron chi connectivity index (χ4n) is 2.71. The number of hydrogen-bond donors (Lipinski definition) is 0. The highest BCUT2D eigenvalue weighted by molar-refractivity contribution is 6.74. The predicted molar refractivity (Wildman–Crippen MR) is 123 cm³/mol. The molecule has 30 heavy (non-hydrogen) atoms. The zero-order valence-corrected chi connectivity index (χ0v) is 20.1. The van der Waals surface area contributed by atoms with Gasteiger partial charge in [0.2, 0.25) is 0 Å². The first-order valence-electron chi connectivity index (χ1n) is 9.77. The average Bonchev–Trinajstić information content (AvgIpc) is 2.70. The Hall–Kier alpha value is -2.91. The van der Waals surface area contributed by atoms with Gasteiger partial charge >= 0.3 is 0 Å². The monoisotopic (exact) mass is 425 g/mol. The van der Waals surface area contributed by atoms with Crippen molar-refractivity contribution >= 4 is 13.9 Å². The lowest BCUT2D eigenvalue weighted by Crippen LogP contribution is -2.43. The zero-order chi connectivity index (χ0) is 22.5. The van der Waals surface area contributed by atoms with E-state index >= 15 is 0 Å². The molecule has 0 radical (unpaired) electrons. The molecule has 0 saturated carbocycles. The first-order valence-corrected chi connectivity index (χ1v) is 12.7. The molecule has 2 aromatic rings. The highest BCUT2D eigenvalue weighted by atomic mass is 28.4. The minimum absolute atomic E-state index is 0.0691. The van der Waals surface area contributed by atoms with E-state index in [0.29, 0.717) is 23.0 Å². The molecule has 6 heteroatoms. The van der Waals surface area contributed by atoms with E-state index in [2.05, 4.69) is 39.9 Å². The van der Waals surface area contributed by atoms with E-state index in [9.17, 15) is 5.26 Å². The minimum Gasteiger partial charge on any atom is -0.541 e. The maximum Gasteiger partial charge on any atom is 0.250 e. The van der Waals surface area contributed by atoms with Crippen LogP contribution < -0.4 is 18.6 Å². The summed E-state index contributed by atoms with van der Waals surface area (Å²) in [6.45, 7) is 11.0. The smallest absolute Gasteiger partial charge is 0.250 e. The Labute approximate surface area is 181 Å². The van der Waals surface area contributed by atoms with Crippen molar-refractivity contribution in [3.63, 3.8) is 0 Å². The average molecular weight is 426 g/mol. The molecule has 0 N–H and O–H groups in total. The van der Waals surface area contributed by atoms with Crippen LogP contribution in [0.15, 0.2) is 42.5 Å². The van der Waals surface area contributed by atoms with Crippen LogP contribution in [-0.2, 0) is 0 Å². The molecule has 0 unspecified atom stereocenters. The number of methoxy groups -OCH3 is 3. The van der Waals surface area contributed by atoms with E-state index in [0.717, 1.165) is 16.7 Å². The van der Waals surface area contributed by atoms with Gasteiger partial charge < -0.3 is 18.6 Å². The van der Waals surface area contributed by atoms with Gasteiger partial charge in [-0.05, 0) is 59.1 Å². The highest BCUT2D eigenvalue weighted by Gasteiger charge is 2.39. The van der Waals surface area contributed by atoms with Crippen LogP contribution >= 0.6 is 0 Å². The van der Waals surface area contributed by atoms with Gasteiger partial charge in [0, 0.05) is 12.1 Å². The first-order chi connectivity index (χ1) is 14.1. The van der Waals surface area contributed by atoms with Crippen molar-refractivity contribution in [1.82, 2.24) is 0 Å². The molecule has 160 valence electrons. The summed E-state index contributed by atoms with van der Waals surface area (Å²) in [4.78, 5) is 0. The summed E-state index contributed by atoms with van der Waals surface area (Å²) in [5.41, 5.74) is 2.39. The molecule has 0 aromatic heterocycles. The Morgan fingerprint density at radius 1 is 0.867 bits per heavy atom. The van der Waals surface area contributed by atoms with Crippen LogP contribution in [0.5, 0.6) is 23.0 Å². The molecule has 2 aromatic carbocycles. The van der Waals surface area contributed by atoms with Crippen molar-refractivity contribution in [2.24, 2.45) is 0 Å². The number of nitrogens with zero attached hydrogens (tertiary/aromatic N) is 1. The van der Waals surface area contributed by atoms with Gasteiger partial charge in [-0.3, -0.25) is 0 Å². The lowest BCUT2D eigenvalue weighted by Gasteiger charge is -2.36. The van der Waals surface area contributed by atoms with Crippen molar-refractivity contribution in [3.05, 3.63) is 53.6 Å². The van der Waals surface area contributed by atoms with Crippen molar-refractivity contribution in [3.8, 4) is 29.1 Å². The third kappa shape index (κ3) is 5.16. The first kappa shape index (κ1) is 23.4. The Kier molecular flexibility index (Phi) is 7.22. The molecular formula is C24H31NO4Si. The van der Waals surface area contributed by atoms with Gasteiger partial charge in [0.05, 0.1) is 27.4 Å². The van der Waals surface area contributed by atoms with Crippen molar-refractivity contribution in [2.75, 3.05) is 21.3 Å². The SMILES string of the molecule is COc1cc(OC)cc(/C(=C\C#N)c2ccc(O[Si](C)(C)C(C)(C)C)c(OC)c2)c1. The van der Waals surface area contributed by atoms with Crippen LogP contribution in [0, 0.1) is 11.3 Å². The van der Waals surface area contributed by atoms with E-state index in [1.54, 1.807) is 27.4 Å². The van der Waals surface area contributed by atoms with Crippen molar-refractivity contribution in [1.29, 1.82) is 5.26 Å². The molecule has 0 bridgehead atoms. The Balaban J connectivity index is 2.54. The summed E-state index contributed by atoms with van der Waals surface area (Å²) < 4.78 is 22.9. The zero-order valence-electron chi connectivity index (χ0n) is 19.1. The number of benzene rings is 2. The number of ether oxygens (including phenoxy) is 3. The van der Waals surface area contributed by atoms with Crippen LogP contribution in [0.25, 0.3) is 5.57 Å². The van der Waals surface area contributed by atoms with Gasteiger partial charge in [-0.2, -0.15) is 5.26 Å². The van der Waals surface area contributed by atoms with Gasteiger partial charge in [0.15, 0.2) is 5.75 Å².